The second-order valence-electron chi connectivity index (χ2n) is 9.87. The van der Waals surface area contributed by atoms with Crippen LogP contribution in [0.15, 0.2) is 24.3 Å². The van der Waals surface area contributed by atoms with Gasteiger partial charge in [-0.2, -0.15) is 0 Å². The largest absolute Gasteiger partial charge is 0.460 e. The summed E-state index contributed by atoms with van der Waals surface area (Å²) in [6, 6.07) is 7.08. The maximum atomic E-state index is 14.2. The standard InChI is InChI=1S/C24H35FN2O4/c1-14(21(30-5)20-12-16-11-19(16)27-20)22(28)26-13-17(23(29)31-24(2,3)4)10-15-8-6-7-9-18(15)25/h6-9,14,16-17,19-21,27H,10-13H2,1-5H3,(H,26,28)/t14-,16+,17-,19+,20+,21-/m1/s1. The summed E-state index contributed by atoms with van der Waals surface area (Å²) in [5.74, 6) is -1.38. The third-order valence-corrected chi connectivity index (χ3v) is 6.17. The summed E-state index contributed by atoms with van der Waals surface area (Å²) in [4.78, 5) is 25.6. The molecule has 1 saturated carbocycles. The normalized spacial score (nSPS) is 25.3. The van der Waals surface area contributed by atoms with E-state index >= 15 is 0 Å². The van der Waals surface area contributed by atoms with E-state index in [1.807, 2.05) is 6.92 Å². The Bertz CT molecular complexity index is 784. The van der Waals surface area contributed by atoms with Gasteiger partial charge >= 0.3 is 5.97 Å². The van der Waals surface area contributed by atoms with Crippen LogP contribution in [0.1, 0.15) is 46.1 Å². The van der Waals surface area contributed by atoms with Crippen molar-refractivity contribution in [2.24, 2.45) is 17.8 Å². The molecule has 7 heteroatoms. The summed E-state index contributed by atoms with van der Waals surface area (Å²) in [7, 11) is 1.63. The van der Waals surface area contributed by atoms with Crippen molar-refractivity contribution in [3.8, 4) is 0 Å². The number of carbonyl (C=O) groups excluding carboxylic acids is 2. The Morgan fingerprint density at radius 2 is 1.97 bits per heavy atom. The van der Waals surface area contributed by atoms with Gasteiger partial charge in [-0.25, -0.2) is 4.39 Å². The molecule has 2 aliphatic rings. The van der Waals surface area contributed by atoms with Crippen LogP contribution in [-0.4, -0.2) is 49.3 Å². The molecule has 0 bridgehead atoms. The molecule has 1 heterocycles. The zero-order chi connectivity index (χ0) is 22.8. The van der Waals surface area contributed by atoms with Crippen molar-refractivity contribution >= 4 is 11.9 Å². The summed E-state index contributed by atoms with van der Waals surface area (Å²) < 4.78 is 25.4. The molecule has 31 heavy (non-hydrogen) atoms. The SMILES string of the molecule is CO[C@@H]([C@@H]1C[C@@H]2C[C@@H]2N1)[C@@H](C)C(=O)NC[C@@H](Cc1ccccc1F)C(=O)OC(C)(C)C. The lowest BCUT2D eigenvalue weighted by Gasteiger charge is -2.29. The number of fused-ring (bicyclic) bond motifs is 1. The molecule has 1 aliphatic carbocycles. The Labute approximate surface area is 184 Å². The lowest BCUT2D eigenvalue weighted by molar-refractivity contribution is -0.159. The van der Waals surface area contributed by atoms with Crippen molar-refractivity contribution in [2.75, 3.05) is 13.7 Å². The highest BCUT2D eigenvalue weighted by Gasteiger charge is 2.49. The third kappa shape index (κ3) is 6.26. The molecule has 172 valence electrons. The first-order chi connectivity index (χ1) is 14.6. The van der Waals surface area contributed by atoms with Crippen LogP contribution < -0.4 is 10.6 Å². The van der Waals surface area contributed by atoms with E-state index in [0.717, 1.165) is 6.42 Å². The molecule has 3 rings (SSSR count). The Balaban J connectivity index is 1.63. The molecular formula is C24H35FN2O4. The molecule has 0 aromatic heterocycles. The molecule has 0 unspecified atom stereocenters. The number of benzene rings is 1. The minimum absolute atomic E-state index is 0.0756. The Morgan fingerprint density at radius 1 is 1.26 bits per heavy atom. The minimum Gasteiger partial charge on any atom is -0.460 e. The van der Waals surface area contributed by atoms with Crippen LogP contribution in [0.5, 0.6) is 0 Å². The topological polar surface area (TPSA) is 76.7 Å². The number of halogens is 1. The molecular weight excluding hydrogens is 399 g/mol. The molecule has 2 N–H and O–H groups in total. The summed E-state index contributed by atoms with van der Waals surface area (Å²) in [5, 5.41) is 6.42. The number of ether oxygens (including phenoxy) is 2. The first-order valence-electron chi connectivity index (χ1n) is 11.1. The van der Waals surface area contributed by atoms with Crippen molar-refractivity contribution < 1.29 is 23.5 Å². The summed E-state index contributed by atoms with van der Waals surface area (Å²) in [6.45, 7) is 7.27. The van der Waals surface area contributed by atoms with Crippen molar-refractivity contribution in [3.05, 3.63) is 35.6 Å². The second kappa shape index (κ2) is 9.65. The van der Waals surface area contributed by atoms with Gasteiger partial charge in [-0.1, -0.05) is 25.1 Å². The molecule has 6 atom stereocenters. The molecule has 1 aromatic rings. The van der Waals surface area contributed by atoms with Gasteiger partial charge in [-0.15, -0.1) is 0 Å². The smallest absolute Gasteiger partial charge is 0.311 e. The number of piperidine rings is 1. The van der Waals surface area contributed by atoms with E-state index in [1.165, 1.54) is 12.5 Å². The van der Waals surface area contributed by atoms with Gasteiger partial charge in [0.15, 0.2) is 0 Å². The van der Waals surface area contributed by atoms with Gasteiger partial charge in [-0.05, 0) is 57.6 Å². The van der Waals surface area contributed by atoms with Crippen LogP contribution in [0.3, 0.4) is 0 Å². The van der Waals surface area contributed by atoms with Gasteiger partial charge in [0.05, 0.1) is 17.9 Å². The fourth-order valence-corrected chi connectivity index (χ4v) is 4.41. The molecule has 0 spiro atoms. The van der Waals surface area contributed by atoms with E-state index < -0.39 is 17.5 Å². The predicted octanol–water partition coefficient (Wildman–Crippen LogP) is 2.84. The van der Waals surface area contributed by atoms with Crippen LogP contribution in [0.2, 0.25) is 0 Å². The first kappa shape index (κ1) is 23.7. The van der Waals surface area contributed by atoms with Crippen molar-refractivity contribution in [3.63, 3.8) is 0 Å². The molecule has 1 saturated heterocycles. The molecule has 0 radical (unpaired) electrons. The number of nitrogens with one attached hydrogen (secondary N) is 2. The lowest BCUT2D eigenvalue weighted by atomic mass is 9.93. The van der Waals surface area contributed by atoms with Crippen LogP contribution in [0.4, 0.5) is 4.39 Å². The zero-order valence-corrected chi connectivity index (χ0v) is 19.1. The number of esters is 1. The summed E-state index contributed by atoms with van der Waals surface area (Å²) in [5.41, 5.74) is -0.248. The van der Waals surface area contributed by atoms with Gasteiger partial charge in [0, 0.05) is 25.7 Å². The quantitative estimate of drug-likeness (QED) is 0.585. The molecule has 1 amide bonds. The van der Waals surface area contributed by atoms with E-state index in [4.69, 9.17) is 9.47 Å². The summed E-state index contributed by atoms with van der Waals surface area (Å²) >= 11 is 0. The number of hydrogen-bond donors (Lipinski definition) is 2. The van der Waals surface area contributed by atoms with Crippen LogP contribution in [0.25, 0.3) is 0 Å². The molecule has 2 fully saturated rings. The van der Waals surface area contributed by atoms with E-state index in [9.17, 15) is 14.0 Å². The van der Waals surface area contributed by atoms with Crippen LogP contribution >= 0.6 is 0 Å². The highest BCUT2D eigenvalue weighted by molar-refractivity contribution is 5.80. The number of methoxy groups -OCH3 is 1. The van der Waals surface area contributed by atoms with E-state index in [-0.39, 0.29) is 42.8 Å². The van der Waals surface area contributed by atoms with Crippen LogP contribution in [0, 0.1) is 23.6 Å². The van der Waals surface area contributed by atoms with E-state index in [1.54, 1.807) is 46.1 Å². The Kier molecular flexibility index (Phi) is 7.37. The number of amides is 1. The predicted molar refractivity (Wildman–Crippen MR) is 116 cm³/mol. The molecule has 1 aromatic carbocycles. The maximum Gasteiger partial charge on any atom is 0.311 e. The molecule has 1 aliphatic heterocycles. The highest BCUT2D eigenvalue weighted by atomic mass is 19.1. The second-order valence-corrected chi connectivity index (χ2v) is 9.87. The summed E-state index contributed by atoms with van der Waals surface area (Å²) in [6.07, 6.45) is 2.15. The number of hydrogen-bond acceptors (Lipinski definition) is 5. The van der Waals surface area contributed by atoms with Crippen molar-refractivity contribution in [1.29, 1.82) is 0 Å². The number of rotatable bonds is 9. The van der Waals surface area contributed by atoms with Gasteiger partial charge in [0.25, 0.3) is 0 Å². The first-order valence-corrected chi connectivity index (χ1v) is 11.1. The van der Waals surface area contributed by atoms with E-state index in [0.29, 0.717) is 17.5 Å². The maximum absolute atomic E-state index is 14.2. The van der Waals surface area contributed by atoms with E-state index in [2.05, 4.69) is 10.6 Å². The van der Waals surface area contributed by atoms with Crippen LogP contribution in [-0.2, 0) is 25.5 Å². The number of carbonyl (C=O) groups is 2. The average molecular weight is 435 g/mol. The van der Waals surface area contributed by atoms with Gasteiger partial charge in [0.1, 0.15) is 11.4 Å². The van der Waals surface area contributed by atoms with Crippen molar-refractivity contribution in [1.82, 2.24) is 10.6 Å². The zero-order valence-electron chi connectivity index (χ0n) is 19.1. The molecule has 6 nitrogen and oxygen atoms in total. The highest BCUT2D eigenvalue weighted by Crippen LogP contribution is 2.42. The minimum atomic E-state index is -0.689. The van der Waals surface area contributed by atoms with Gasteiger partial charge in [0.2, 0.25) is 5.91 Å². The van der Waals surface area contributed by atoms with Gasteiger partial charge in [-0.3, -0.25) is 9.59 Å². The fourth-order valence-electron chi connectivity index (χ4n) is 4.41. The van der Waals surface area contributed by atoms with Gasteiger partial charge < -0.3 is 20.1 Å². The monoisotopic (exact) mass is 434 g/mol. The Morgan fingerprint density at radius 3 is 2.55 bits per heavy atom. The van der Waals surface area contributed by atoms with Crippen molar-refractivity contribution in [2.45, 2.75) is 70.7 Å². The third-order valence-electron chi connectivity index (χ3n) is 6.17. The average Bonchev–Trinajstić information content (AvgIpc) is 3.30. The lowest BCUT2D eigenvalue weighted by Crippen LogP contribution is -2.48. The Hall–Kier alpha value is -1.99. The fraction of sp³-hybridized carbons (Fsp3) is 0.667.